The number of esters is 2. The van der Waals surface area contributed by atoms with E-state index in [0.717, 1.165) is 51.4 Å². The smallest absolute Gasteiger partial charge is 0.306 e. The lowest BCUT2D eigenvalue weighted by Crippen LogP contribution is -2.28. The molecule has 0 aliphatic heterocycles. The largest absolute Gasteiger partial charge is 0.462 e. The third kappa shape index (κ3) is 32.5. The summed E-state index contributed by atoms with van der Waals surface area (Å²) in [5.41, 5.74) is 0. The third-order valence-electron chi connectivity index (χ3n) is 7.28. The van der Waals surface area contributed by atoms with Crippen LogP contribution < -0.4 is 0 Å². The molecule has 0 aromatic rings. The van der Waals surface area contributed by atoms with E-state index in [9.17, 15) is 14.7 Å². The zero-order chi connectivity index (χ0) is 32.2. The third-order valence-corrected chi connectivity index (χ3v) is 7.28. The predicted octanol–water partition coefficient (Wildman–Crippen LogP) is 10.8. The molecule has 0 saturated heterocycles. The Hall–Kier alpha value is -2.40. The van der Waals surface area contributed by atoms with Crippen LogP contribution in [0, 0.1) is 0 Å². The first-order valence-corrected chi connectivity index (χ1v) is 17.8. The molecule has 0 fully saturated rings. The van der Waals surface area contributed by atoms with Crippen LogP contribution in [0.15, 0.2) is 60.8 Å². The number of aliphatic hydroxyl groups is 1. The summed E-state index contributed by atoms with van der Waals surface area (Å²) in [5, 5.41) is 9.51. The molecule has 44 heavy (non-hydrogen) atoms. The van der Waals surface area contributed by atoms with Gasteiger partial charge in [0.1, 0.15) is 6.61 Å². The number of aliphatic hydroxyl groups excluding tert-OH is 1. The van der Waals surface area contributed by atoms with Crippen LogP contribution >= 0.6 is 0 Å². The molecule has 0 spiro atoms. The van der Waals surface area contributed by atoms with E-state index in [-0.39, 0.29) is 31.6 Å². The normalized spacial score (nSPS) is 12.9. The number of carbonyl (C=O) groups is 2. The molecule has 0 heterocycles. The molecule has 0 rings (SSSR count). The van der Waals surface area contributed by atoms with E-state index in [0.29, 0.717) is 12.8 Å². The van der Waals surface area contributed by atoms with Gasteiger partial charge in [-0.05, 0) is 77.0 Å². The Bertz CT molecular complexity index is 792. The maximum absolute atomic E-state index is 12.1. The van der Waals surface area contributed by atoms with Gasteiger partial charge in [-0.25, -0.2) is 0 Å². The summed E-state index contributed by atoms with van der Waals surface area (Å²) < 4.78 is 10.5. The lowest BCUT2D eigenvalue weighted by atomic mass is 10.1. The Morgan fingerprint density at radius 1 is 0.523 bits per heavy atom. The molecule has 252 valence electrons. The second kappa shape index (κ2) is 35.1. The number of rotatable bonds is 31. The first kappa shape index (κ1) is 41.6. The van der Waals surface area contributed by atoms with Gasteiger partial charge in [0, 0.05) is 12.8 Å². The van der Waals surface area contributed by atoms with Crippen molar-refractivity contribution in [3.8, 4) is 0 Å². The van der Waals surface area contributed by atoms with Crippen LogP contribution in [0.2, 0.25) is 0 Å². The van der Waals surface area contributed by atoms with E-state index in [2.05, 4.69) is 74.6 Å². The molecule has 0 saturated carbocycles. The van der Waals surface area contributed by atoms with Gasteiger partial charge in [-0.1, -0.05) is 126 Å². The van der Waals surface area contributed by atoms with E-state index in [1.165, 1.54) is 70.6 Å². The average molecular weight is 615 g/mol. The highest BCUT2D eigenvalue weighted by Gasteiger charge is 2.15. The molecular weight excluding hydrogens is 548 g/mol. The summed E-state index contributed by atoms with van der Waals surface area (Å²) in [6.07, 6.45) is 44.2. The predicted molar refractivity (Wildman–Crippen MR) is 187 cm³/mol. The van der Waals surface area contributed by atoms with Crippen molar-refractivity contribution >= 4 is 11.9 Å². The second-order valence-electron chi connectivity index (χ2n) is 11.6. The fourth-order valence-corrected chi connectivity index (χ4v) is 4.54. The highest BCUT2D eigenvalue weighted by atomic mass is 16.6. The Labute approximate surface area is 271 Å². The molecule has 0 amide bonds. The molecule has 0 aliphatic rings. The molecular formula is C39H66O5. The van der Waals surface area contributed by atoms with Crippen LogP contribution in [0.5, 0.6) is 0 Å². The summed E-state index contributed by atoms with van der Waals surface area (Å²) in [5.74, 6) is -0.673. The van der Waals surface area contributed by atoms with E-state index >= 15 is 0 Å². The number of hydrogen-bond acceptors (Lipinski definition) is 5. The number of unbranched alkanes of at least 4 members (excludes halogenated alkanes) is 13. The van der Waals surface area contributed by atoms with Crippen LogP contribution in [0.25, 0.3) is 0 Å². The molecule has 1 unspecified atom stereocenters. The molecule has 0 aromatic carbocycles. The number of ether oxygens (including phenoxy) is 2. The van der Waals surface area contributed by atoms with Crippen molar-refractivity contribution in [3.05, 3.63) is 60.8 Å². The number of allylic oxidation sites excluding steroid dienone is 10. The van der Waals surface area contributed by atoms with E-state index in [4.69, 9.17) is 9.47 Å². The van der Waals surface area contributed by atoms with Crippen molar-refractivity contribution in [1.29, 1.82) is 0 Å². The molecule has 0 radical (unpaired) electrons. The summed E-state index contributed by atoms with van der Waals surface area (Å²) in [4.78, 5) is 24.1. The van der Waals surface area contributed by atoms with Gasteiger partial charge < -0.3 is 14.6 Å². The highest BCUT2D eigenvalue weighted by molar-refractivity contribution is 5.70. The van der Waals surface area contributed by atoms with Crippen LogP contribution in [0.4, 0.5) is 0 Å². The first-order valence-electron chi connectivity index (χ1n) is 17.8. The maximum Gasteiger partial charge on any atom is 0.306 e. The summed E-state index contributed by atoms with van der Waals surface area (Å²) >= 11 is 0. The molecule has 0 aromatic heterocycles. The van der Waals surface area contributed by atoms with Gasteiger partial charge in [0.2, 0.25) is 0 Å². The van der Waals surface area contributed by atoms with E-state index in [1.54, 1.807) is 0 Å². The van der Waals surface area contributed by atoms with Gasteiger partial charge in [-0.3, -0.25) is 9.59 Å². The van der Waals surface area contributed by atoms with Crippen molar-refractivity contribution < 1.29 is 24.2 Å². The maximum atomic E-state index is 12.1. The van der Waals surface area contributed by atoms with Gasteiger partial charge in [0.05, 0.1) is 6.61 Å². The van der Waals surface area contributed by atoms with Crippen LogP contribution in [0.1, 0.15) is 155 Å². The average Bonchev–Trinajstić information content (AvgIpc) is 3.02. The quantitative estimate of drug-likeness (QED) is 0.0478. The van der Waals surface area contributed by atoms with Gasteiger partial charge in [-0.15, -0.1) is 0 Å². The molecule has 5 heteroatoms. The summed E-state index contributed by atoms with van der Waals surface area (Å²) in [6.45, 7) is 4.02. The van der Waals surface area contributed by atoms with Crippen molar-refractivity contribution in [2.45, 2.75) is 161 Å². The first-order chi connectivity index (χ1) is 21.6. The van der Waals surface area contributed by atoms with Crippen molar-refractivity contribution in [2.75, 3.05) is 13.2 Å². The summed E-state index contributed by atoms with van der Waals surface area (Å²) in [6, 6.07) is 0. The van der Waals surface area contributed by atoms with Crippen LogP contribution in [0.3, 0.4) is 0 Å². The van der Waals surface area contributed by atoms with Crippen LogP contribution in [-0.4, -0.2) is 36.4 Å². The fraction of sp³-hybridized carbons (Fsp3) is 0.692. The Balaban J connectivity index is 3.72. The standard InChI is InChI=1S/C39H66O5/c1-3-5-7-9-11-13-15-17-18-19-20-22-24-26-28-30-32-34-39(42)44-37(35-40)36-43-38(41)33-31-29-27-25-23-21-16-14-12-10-8-6-4-2/h11,13-14,16-18,20,22,26,28,37,40H,3-10,12,15,19,21,23-25,27,29-36H2,1-2H3. The van der Waals surface area contributed by atoms with Crippen molar-refractivity contribution in [3.63, 3.8) is 0 Å². The molecule has 0 aliphatic carbocycles. The van der Waals surface area contributed by atoms with Crippen molar-refractivity contribution in [2.24, 2.45) is 0 Å². The number of carbonyl (C=O) groups excluding carboxylic acids is 2. The summed E-state index contributed by atoms with van der Waals surface area (Å²) in [7, 11) is 0. The fourth-order valence-electron chi connectivity index (χ4n) is 4.54. The SMILES string of the molecule is CCCCCC=CCC=CCC=CCC=CCCCC(=O)OC(CO)COC(=O)CCCCCCCC=CCCCCCC. The topological polar surface area (TPSA) is 72.8 Å². The molecule has 1 atom stereocenters. The Kier molecular flexibility index (Phi) is 33.2. The van der Waals surface area contributed by atoms with Gasteiger partial charge >= 0.3 is 11.9 Å². The van der Waals surface area contributed by atoms with Gasteiger partial charge in [-0.2, -0.15) is 0 Å². The minimum atomic E-state index is -0.803. The monoisotopic (exact) mass is 614 g/mol. The molecule has 5 nitrogen and oxygen atoms in total. The highest BCUT2D eigenvalue weighted by Crippen LogP contribution is 2.10. The second-order valence-corrected chi connectivity index (χ2v) is 11.6. The van der Waals surface area contributed by atoms with E-state index in [1.807, 2.05) is 0 Å². The Morgan fingerprint density at radius 3 is 1.50 bits per heavy atom. The Morgan fingerprint density at radius 2 is 0.932 bits per heavy atom. The minimum Gasteiger partial charge on any atom is -0.462 e. The lowest BCUT2D eigenvalue weighted by molar-refractivity contribution is -0.161. The zero-order valence-electron chi connectivity index (χ0n) is 28.4. The van der Waals surface area contributed by atoms with Crippen LogP contribution in [-0.2, 0) is 19.1 Å². The number of hydrogen-bond donors (Lipinski definition) is 1. The van der Waals surface area contributed by atoms with Gasteiger partial charge in [0.25, 0.3) is 0 Å². The zero-order valence-corrected chi connectivity index (χ0v) is 28.4. The molecule has 1 N–H and O–H groups in total. The minimum absolute atomic E-state index is 0.0942. The van der Waals surface area contributed by atoms with E-state index < -0.39 is 6.10 Å². The van der Waals surface area contributed by atoms with Gasteiger partial charge in [0.15, 0.2) is 6.10 Å². The molecule has 0 bridgehead atoms. The lowest BCUT2D eigenvalue weighted by Gasteiger charge is -2.15. The van der Waals surface area contributed by atoms with Crippen molar-refractivity contribution in [1.82, 2.24) is 0 Å².